The Morgan fingerprint density at radius 1 is 1.33 bits per heavy atom. The summed E-state index contributed by atoms with van der Waals surface area (Å²) in [5, 5.41) is 21.2. The maximum absolute atomic E-state index is 11.7. The van der Waals surface area contributed by atoms with Gasteiger partial charge in [-0.15, -0.1) is 0 Å². The van der Waals surface area contributed by atoms with E-state index in [1.165, 1.54) is 10.9 Å². The van der Waals surface area contributed by atoms with E-state index in [0.717, 1.165) is 18.3 Å². The zero-order chi connectivity index (χ0) is 15.2. The molecular weight excluding hydrogens is 276 g/mol. The summed E-state index contributed by atoms with van der Waals surface area (Å²) in [7, 11) is 0. The molecule has 1 N–H and O–H groups in total. The third kappa shape index (κ3) is 4.13. The van der Waals surface area contributed by atoms with Gasteiger partial charge < -0.3 is 5.32 Å². The van der Waals surface area contributed by atoms with Crippen LogP contribution in [0, 0.1) is 10.1 Å². The molecule has 9 nitrogen and oxygen atoms in total. The van der Waals surface area contributed by atoms with Crippen molar-refractivity contribution in [2.75, 3.05) is 0 Å². The molecule has 2 aromatic heterocycles. The van der Waals surface area contributed by atoms with E-state index in [4.69, 9.17) is 0 Å². The van der Waals surface area contributed by atoms with Gasteiger partial charge in [0.15, 0.2) is 0 Å². The molecule has 0 saturated heterocycles. The first-order valence-corrected chi connectivity index (χ1v) is 6.53. The van der Waals surface area contributed by atoms with Crippen LogP contribution in [0.5, 0.6) is 0 Å². The molecule has 0 aliphatic carbocycles. The fraction of sp³-hybridized carbons (Fsp3) is 0.417. The monoisotopic (exact) mass is 292 g/mol. The van der Waals surface area contributed by atoms with E-state index in [-0.39, 0.29) is 18.0 Å². The van der Waals surface area contributed by atoms with Crippen molar-refractivity contribution in [1.82, 2.24) is 24.9 Å². The lowest BCUT2D eigenvalue weighted by Gasteiger charge is -2.03. The number of hydrogen-bond donors (Lipinski definition) is 1. The van der Waals surface area contributed by atoms with E-state index in [1.54, 1.807) is 10.9 Å². The van der Waals surface area contributed by atoms with Gasteiger partial charge in [0.25, 0.3) is 0 Å². The van der Waals surface area contributed by atoms with E-state index in [2.05, 4.69) is 15.5 Å². The number of rotatable bonds is 7. The Morgan fingerprint density at radius 2 is 2.10 bits per heavy atom. The van der Waals surface area contributed by atoms with Gasteiger partial charge in [-0.1, -0.05) is 0 Å². The minimum Gasteiger partial charge on any atom is -0.352 e. The van der Waals surface area contributed by atoms with E-state index in [1.807, 2.05) is 13.1 Å². The third-order valence-electron chi connectivity index (χ3n) is 2.90. The molecule has 1 amide bonds. The molecule has 2 aromatic rings. The summed E-state index contributed by atoms with van der Waals surface area (Å²) >= 11 is 0. The molecule has 0 radical (unpaired) electrons. The lowest BCUT2D eigenvalue weighted by molar-refractivity contribution is -0.385. The number of carbonyl (C=O) groups is 1. The van der Waals surface area contributed by atoms with E-state index in [0.29, 0.717) is 13.1 Å². The smallest absolute Gasteiger partial charge is 0.306 e. The van der Waals surface area contributed by atoms with Crippen molar-refractivity contribution in [2.24, 2.45) is 0 Å². The van der Waals surface area contributed by atoms with Gasteiger partial charge in [-0.05, 0) is 6.92 Å². The Morgan fingerprint density at radius 3 is 2.71 bits per heavy atom. The van der Waals surface area contributed by atoms with Gasteiger partial charge in [0, 0.05) is 37.8 Å². The molecule has 0 aliphatic rings. The second kappa shape index (κ2) is 6.64. The quantitative estimate of drug-likeness (QED) is 0.597. The molecule has 0 aromatic carbocycles. The molecule has 0 bridgehead atoms. The Kier molecular flexibility index (Phi) is 4.64. The summed E-state index contributed by atoms with van der Waals surface area (Å²) in [6.45, 7) is 3.48. The minimum atomic E-state index is -0.519. The summed E-state index contributed by atoms with van der Waals surface area (Å²) in [4.78, 5) is 21.7. The molecule has 0 atom stereocenters. The first-order chi connectivity index (χ1) is 10.1. The molecule has 2 rings (SSSR count). The highest BCUT2D eigenvalue weighted by atomic mass is 16.6. The standard InChI is InChI=1S/C12H16N6O3/c1-2-16-8-10(6-14-16)5-13-12(19)3-4-17-9-11(7-15-17)18(20)21/h6-9H,2-5H2,1H3,(H,13,19). The third-order valence-corrected chi connectivity index (χ3v) is 2.90. The molecule has 0 saturated carbocycles. The zero-order valence-corrected chi connectivity index (χ0v) is 11.6. The lowest BCUT2D eigenvalue weighted by Crippen LogP contribution is -2.23. The summed E-state index contributed by atoms with van der Waals surface area (Å²) in [5.41, 5.74) is 0.849. The van der Waals surface area contributed by atoms with Gasteiger partial charge in [0.2, 0.25) is 5.91 Å². The molecular formula is C12H16N6O3. The van der Waals surface area contributed by atoms with Gasteiger partial charge >= 0.3 is 5.69 Å². The van der Waals surface area contributed by atoms with Crippen molar-refractivity contribution in [3.8, 4) is 0 Å². The molecule has 9 heteroatoms. The molecule has 0 fully saturated rings. The number of nitro groups is 1. The lowest BCUT2D eigenvalue weighted by atomic mass is 10.3. The maximum Gasteiger partial charge on any atom is 0.306 e. The van der Waals surface area contributed by atoms with Gasteiger partial charge in [-0.25, -0.2) is 0 Å². The van der Waals surface area contributed by atoms with Crippen LogP contribution in [-0.2, 0) is 24.4 Å². The Balaban J connectivity index is 1.75. The molecule has 112 valence electrons. The summed E-state index contributed by atoms with van der Waals surface area (Å²) in [6, 6.07) is 0. The fourth-order valence-corrected chi connectivity index (χ4v) is 1.74. The number of nitrogens with one attached hydrogen (secondary N) is 1. The topological polar surface area (TPSA) is 108 Å². The highest BCUT2D eigenvalue weighted by Crippen LogP contribution is 2.07. The predicted molar refractivity (Wildman–Crippen MR) is 73.2 cm³/mol. The van der Waals surface area contributed by atoms with Crippen molar-refractivity contribution in [3.63, 3.8) is 0 Å². The second-order valence-electron chi connectivity index (χ2n) is 4.45. The highest BCUT2D eigenvalue weighted by molar-refractivity contribution is 5.75. The highest BCUT2D eigenvalue weighted by Gasteiger charge is 2.09. The summed E-state index contributed by atoms with van der Waals surface area (Å²) in [6.07, 6.45) is 6.26. The number of aryl methyl sites for hydroxylation is 2. The van der Waals surface area contributed by atoms with Crippen LogP contribution in [-0.4, -0.2) is 30.4 Å². The maximum atomic E-state index is 11.7. The number of nitrogens with zero attached hydrogens (tertiary/aromatic N) is 5. The van der Waals surface area contributed by atoms with Crippen molar-refractivity contribution in [3.05, 3.63) is 40.5 Å². The van der Waals surface area contributed by atoms with Gasteiger partial charge in [0.1, 0.15) is 12.4 Å². The number of hydrogen-bond acceptors (Lipinski definition) is 5. The SMILES string of the molecule is CCn1cc(CNC(=O)CCn2cc([N+](=O)[O-])cn2)cn1. The largest absolute Gasteiger partial charge is 0.352 e. The average Bonchev–Trinajstić information content (AvgIpc) is 3.11. The van der Waals surface area contributed by atoms with Gasteiger partial charge in [-0.3, -0.25) is 24.3 Å². The summed E-state index contributed by atoms with van der Waals surface area (Å²) in [5.74, 6) is -0.141. The van der Waals surface area contributed by atoms with Crippen molar-refractivity contribution < 1.29 is 9.72 Å². The molecule has 21 heavy (non-hydrogen) atoms. The molecule has 0 spiro atoms. The van der Waals surface area contributed by atoms with Gasteiger partial charge in [0.05, 0.1) is 11.1 Å². The van der Waals surface area contributed by atoms with Crippen LogP contribution < -0.4 is 5.32 Å². The predicted octanol–water partition coefficient (Wildman–Crippen LogP) is 0.714. The van der Waals surface area contributed by atoms with Crippen LogP contribution in [0.15, 0.2) is 24.8 Å². The van der Waals surface area contributed by atoms with E-state index < -0.39 is 4.92 Å². The van der Waals surface area contributed by atoms with Crippen LogP contribution in [0.25, 0.3) is 0 Å². The fourth-order valence-electron chi connectivity index (χ4n) is 1.74. The number of carbonyl (C=O) groups excluding carboxylic acids is 1. The van der Waals surface area contributed by atoms with E-state index in [9.17, 15) is 14.9 Å². The summed E-state index contributed by atoms with van der Waals surface area (Å²) < 4.78 is 3.16. The van der Waals surface area contributed by atoms with Crippen molar-refractivity contribution in [2.45, 2.75) is 33.0 Å². The average molecular weight is 292 g/mol. The first kappa shape index (κ1) is 14.7. The Labute approximate surface area is 120 Å². The van der Waals surface area contributed by atoms with Crippen molar-refractivity contribution >= 4 is 11.6 Å². The normalized spacial score (nSPS) is 10.5. The second-order valence-corrected chi connectivity index (χ2v) is 4.45. The Hall–Kier alpha value is -2.71. The minimum absolute atomic E-state index is 0.0811. The van der Waals surface area contributed by atoms with Gasteiger partial charge in [-0.2, -0.15) is 10.2 Å². The van der Waals surface area contributed by atoms with Crippen LogP contribution in [0.1, 0.15) is 18.9 Å². The van der Waals surface area contributed by atoms with Crippen LogP contribution in [0.2, 0.25) is 0 Å². The molecule has 2 heterocycles. The number of amides is 1. The van der Waals surface area contributed by atoms with Crippen LogP contribution in [0.3, 0.4) is 0 Å². The van der Waals surface area contributed by atoms with E-state index >= 15 is 0 Å². The zero-order valence-electron chi connectivity index (χ0n) is 11.6. The van der Waals surface area contributed by atoms with Crippen molar-refractivity contribution in [1.29, 1.82) is 0 Å². The number of aromatic nitrogens is 4. The first-order valence-electron chi connectivity index (χ1n) is 6.53. The van der Waals surface area contributed by atoms with Crippen LogP contribution in [0.4, 0.5) is 5.69 Å². The molecule has 0 unspecified atom stereocenters. The Bertz CT molecular complexity index is 632. The van der Waals surface area contributed by atoms with Crippen LogP contribution >= 0.6 is 0 Å². The molecule has 0 aliphatic heterocycles.